The minimum atomic E-state index is -0.530. The van der Waals surface area contributed by atoms with Crippen molar-refractivity contribution < 1.29 is 14.1 Å². The molecule has 13 heteroatoms. The first-order chi connectivity index (χ1) is 15.9. The largest absolute Gasteiger partial charge is 0.381 e. The maximum atomic E-state index is 13.2. The highest BCUT2D eigenvalue weighted by atomic mass is 19.1. The van der Waals surface area contributed by atoms with Crippen molar-refractivity contribution in [1.29, 1.82) is 0 Å². The summed E-state index contributed by atoms with van der Waals surface area (Å²) in [4.78, 5) is 24.3. The van der Waals surface area contributed by atoms with E-state index in [4.69, 9.17) is 4.74 Å². The van der Waals surface area contributed by atoms with Crippen LogP contribution in [0.4, 0.5) is 33.5 Å². The Labute approximate surface area is 188 Å². The lowest BCUT2D eigenvalue weighted by Crippen LogP contribution is -2.29. The van der Waals surface area contributed by atoms with Crippen LogP contribution in [0, 0.1) is 22.9 Å². The predicted molar refractivity (Wildman–Crippen MR) is 119 cm³/mol. The van der Waals surface area contributed by atoms with E-state index in [1.165, 1.54) is 6.07 Å². The highest BCUT2D eigenvalue weighted by Gasteiger charge is 2.28. The summed E-state index contributed by atoms with van der Waals surface area (Å²) >= 11 is 0. The molecule has 12 nitrogen and oxygen atoms in total. The SMILES string of the molecule is Cc1cc(Nc2nc(N[C@@H](C)c3ccc(F)cn3)nc(NC3CCOCC3)c2[N+](=O)[O-])n[nH]1. The Morgan fingerprint density at radius 1 is 1.27 bits per heavy atom. The molecule has 0 spiro atoms. The summed E-state index contributed by atoms with van der Waals surface area (Å²) in [5.74, 6) is 0.145. The molecule has 1 aliphatic rings. The number of nitrogens with zero attached hydrogens (tertiary/aromatic N) is 5. The predicted octanol–water partition coefficient (Wildman–Crippen LogP) is 3.46. The molecular weight excluding hydrogens is 433 g/mol. The van der Waals surface area contributed by atoms with Crippen LogP contribution >= 0.6 is 0 Å². The number of halogens is 1. The molecule has 0 unspecified atom stereocenters. The van der Waals surface area contributed by atoms with Crippen LogP contribution in [0.5, 0.6) is 0 Å². The van der Waals surface area contributed by atoms with Crippen molar-refractivity contribution in [1.82, 2.24) is 25.1 Å². The smallest absolute Gasteiger partial charge is 0.353 e. The second kappa shape index (κ2) is 9.73. The van der Waals surface area contributed by atoms with Gasteiger partial charge in [0.25, 0.3) is 0 Å². The summed E-state index contributed by atoms with van der Waals surface area (Å²) in [7, 11) is 0. The van der Waals surface area contributed by atoms with Crippen LogP contribution < -0.4 is 16.0 Å². The van der Waals surface area contributed by atoms with Crippen molar-refractivity contribution in [2.24, 2.45) is 0 Å². The highest BCUT2D eigenvalue weighted by molar-refractivity contribution is 5.75. The average Bonchev–Trinajstić information content (AvgIpc) is 3.19. The van der Waals surface area contributed by atoms with Crippen molar-refractivity contribution in [2.45, 2.75) is 38.8 Å². The van der Waals surface area contributed by atoms with Crippen molar-refractivity contribution in [3.8, 4) is 0 Å². The van der Waals surface area contributed by atoms with Gasteiger partial charge in [0.1, 0.15) is 5.82 Å². The molecule has 3 aromatic heterocycles. The quantitative estimate of drug-likeness (QED) is 0.292. The fourth-order valence-corrected chi connectivity index (χ4v) is 3.43. The second-order valence-electron chi connectivity index (χ2n) is 7.71. The number of rotatable bonds is 8. The van der Waals surface area contributed by atoms with Gasteiger partial charge in [0.15, 0.2) is 5.82 Å². The van der Waals surface area contributed by atoms with Crippen LogP contribution in [0.3, 0.4) is 0 Å². The molecule has 4 heterocycles. The number of hydrogen-bond acceptors (Lipinski definition) is 10. The van der Waals surface area contributed by atoms with Crippen LogP contribution in [0.15, 0.2) is 24.4 Å². The van der Waals surface area contributed by atoms with E-state index in [0.29, 0.717) is 37.6 Å². The average molecular weight is 457 g/mol. The monoisotopic (exact) mass is 457 g/mol. The zero-order valence-corrected chi connectivity index (χ0v) is 18.1. The number of aromatic nitrogens is 5. The van der Waals surface area contributed by atoms with Gasteiger partial charge in [-0.3, -0.25) is 20.2 Å². The first-order valence-electron chi connectivity index (χ1n) is 10.5. The van der Waals surface area contributed by atoms with Gasteiger partial charge in [0.05, 0.1) is 22.9 Å². The van der Waals surface area contributed by atoms with Crippen LogP contribution in [0.1, 0.15) is 37.2 Å². The molecule has 0 amide bonds. The van der Waals surface area contributed by atoms with Crippen LogP contribution in [-0.4, -0.2) is 49.3 Å². The van der Waals surface area contributed by atoms with E-state index in [0.717, 1.165) is 11.9 Å². The van der Waals surface area contributed by atoms with E-state index in [9.17, 15) is 14.5 Å². The standard InChI is InChI=1S/C20H24FN9O3/c1-11-9-16(29-28-11)25-19-17(30(31)32)18(24-14-5-7-33-8-6-14)26-20(27-19)23-12(2)15-4-3-13(21)10-22-15/h3-4,9-10,12,14H,5-8H2,1-2H3,(H4,23,24,25,26,27,28,29)/t12-/m0/s1. The Morgan fingerprint density at radius 3 is 2.67 bits per heavy atom. The Balaban J connectivity index is 1.69. The van der Waals surface area contributed by atoms with Crippen molar-refractivity contribution >= 4 is 29.1 Å². The topological polar surface area (TPSA) is 156 Å². The summed E-state index contributed by atoms with van der Waals surface area (Å²) < 4.78 is 18.6. The Bertz CT molecular complexity index is 1120. The fourth-order valence-electron chi connectivity index (χ4n) is 3.43. The third kappa shape index (κ3) is 5.49. The molecule has 1 atom stereocenters. The number of aromatic amines is 1. The fraction of sp³-hybridized carbons (Fsp3) is 0.400. The summed E-state index contributed by atoms with van der Waals surface area (Å²) in [5, 5.41) is 28.0. The lowest BCUT2D eigenvalue weighted by atomic mass is 10.1. The van der Waals surface area contributed by atoms with Gasteiger partial charge in [-0.1, -0.05) is 0 Å². The molecule has 4 N–H and O–H groups in total. The lowest BCUT2D eigenvalue weighted by molar-refractivity contribution is -0.383. The summed E-state index contributed by atoms with van der Waals surface area (Å²) in [6.07, 6.45) is 2.51. The molecule has 0 bridgehead atoms. The van der Waals surface area contributed by atoms with Gasteiger partial charge in [-0.2, -0.15) is 15.1 Å². The number of aryl methyl sites for hydroxylation is 1. The normalized spacial score (nSPS) is 15.1. The van der Waals surface area contributed by atoms with E-state index < -0.39 is 10.7 Å². The number of nitro groups is 1. The van der Waals surface area contributed by atoms with E-state index in [2.05, 4.69) is 41.1 Å². The molecule has 1 saturated heterocycles. The minimum absolute atomic E-state index is 0.0159. The molecule has 1 aliphatic heterocycles. The maximum absolute atomic E-state index is 13.2. The highest BCUT2D eigenvalue weighted by Crippen LogP contribution is 2.34. The zero-order valence-electron chi connectivity index (χ0n) is 18.1. The number of nitrogens with one attached hydrogen (secondary N) is 4. The van der Waals surface area contributed by atoms with Gasteiger partial charge in [-0.15, -0.1) is 0 Å². The molecule has 174 valence electrons. The number of H-pyrrole nitrogens is 1. The molecule has 1 fully saturated rings. The molecular formula is C20H24FN9O3. The zero-order chi connectivity index (χ0) is 23.4. The van der Waals surface area contributed by atoms with Crippen LogP contribution in [0.2, 0.25) is 0 Å². The second-order valence-corrected chi connectivity index (χ2v) is 7.71. The molecule has 0 saturated carbocycles. The van der Waals surface area contributed by atoms with Crippen LogP contribution in [-0.2, 0) is 4.74 Å². The van der Waals surface area contributed by atoms with Gasteiger partial charge in [-0.25, -0.2) is 4.39 Å². The Morgan fingerprint density at radius 2 is 2.03 bits per heavy atom. The number of anilines is 4. The van der Waals surface area contributed by atoms with E-state index in [1.54, 1.807) is 19.1 Å². The number of ether oxygens (including phenoxy) is 1. The van der Waals surface area contributed by atoms with Gasteiger partial charge in [0, 0.05) is 31.0 Å². The molecule has 4 rings (SSSR count). The Hall–Kier alpha value is -3.87. The van der Waals surface area contributed by atoms with Gasteiger partial charge < -0.3 is 20.7 Å². The van der Waals surface area contributed by atoms with Crippen LogP contribution in [0.25, 0.3) is 0 Å². The first kappa shape index (κ1) is 22.3. The van der Waals surface area contributed by atoms with E-state index in [1.807, 2.05) is 6.92 Å². The maximum Gasteiger partial charge on any atom is 0.353 e. The van der Waals surface area contributed by atoms with Crippen molar-refractivity contribution in [3.63, 3.8) is 0 Å². The van der Waals surface area contributed by atoms with Crippen molar-refractivity contribution in [3.05, 3.63) is 51.7 Å². The summed E-state index contributed by atoms with van der Waals surface area (Å²) in [6, 6.07) is 4.14. The molecule has 0 aliphatic carbocycles. The van der Waals surface area contributed by atoms with Crippen molar-refractivity contribution in [2.75, 3.05) is 29.2 Å². The molecule has 3 aromatic rings. The van der Waals surface area contributed by atoms with E-state index in [-0.39, 0.29) is 35.4 Å². The molecule has 0 aromatic carbocycles. The van der Waals surface area contributed by atoms with Gasteiger partial charge >= 0.3 is 5.69 Å². The molecule has 33 heavy (non-hydrogen) atoms. The summed E-state index contributed by atoms with van der Waals surface area (Å²) in [5.41, 5.74) is 1.05. The molecule has 0 radical (unpaired) electrons. The third-order valence-corrected chi connectivity index (χ3v) is 5.12. The number of hydrogen-bond donors (Lipinski definition) is 4. The lowest BCUT2D eigenvalue weighted by Gasteiger charge is -2.24. The van der Waals surface area contributed by atoms with Gasteiger partial charge in [0.2, 0.25) is 17.6 Å². The first-order valence-corrected chi connectivity index (χ1v) is 10.5. The van der Waals surface area contributed by atoms with Gasteiger partial charge in [-0.05, 0) is 38.8 Å². The Kier molecular flexibility index (Phi) is 6.58. The summed E-state index contributed by atoms with van der Waals surface area (Å²) in [6.45, 7) is 4.75. The number of pyridine rings is 1. The minimum Gasteiger partial charge on any atom is -0.381 e. The third-order valence-electron chi connectivity index (χ3n) is 5.12. The van der Waals surface area contributed by atoms with E-state index >= 15 is 0 Å².